The van der Waals surface area contributed by atoms with Gasteiger partial charge in [-0.15, -0.1) is 0 Å². The second-order valence-corrected chi connectivity index (χ2v) is 5.62. The smallest absolute Gasteiger partial charge is 0.307 e. The van der Waals surface area contributed by atoms with Gasteiger partial charge >= 0.3 is 5.97 Å². The molecular formula is C20H23NO6. The summed E-state index contributed by atoms with van der Waals surface area (Å²) in [5, 5.41) is 2.80. The number of carbonyl (C=O) groups excluding carboxylic acids is 2. The lowest BCUT2D eigenvalue weighted by atomic mass is 10.0. The standard InChI is InChI=1S/C20H23NO6/c1-24-17-10-9-14(11-18(17)25-2)16(12-20(23)26-3)21-19(22)13-27-15-7-5-4-6-8-15/h4-11,16H,12-13H2,1-3H3,(H,21,22). The average molecular weight is 373 g/mol. The van der Waals surface area contributed by atoms with Crippen LogP contribution in [0.25, 0.3) is 0 Å². The van der Waals surface area contributed by atoms with Crippen LogP contribution >= 0.6 is 0 Å². The molecule has 0 saturated carbocycles. The summed E-state index contributed by atoms with van der Waals surface area (Å²) in [5.74, 6) is 0.835. The van der Waals surface area contributed by atoms with Crippen LogP contribution in [-0.4, -0.2) is 39.8 Å². The van der Waals surface area contributed by atoms with Crippen LogP contribution in [0.1, 0.15) is 18.0 Å². The van der Waals surface area contributed by atoms with Crippen LogP contribution in [0.2, 0.25) is 0 Å². The predicted molar refractivity (Wildman–Crippen MR) is 99.0 cm³/mol. The fourth-order valence-corrected chi connectivity index (χ4v) is 2.47. The average Bonchev–Trinajstić information content (AvgIpc) is 2.71. The highest BCUT2D eigenvalue weighted by Gasteiger charge is 2.21. The fraction of sp³-hybridized carbons (Fsp3) is 0.300. The number of carbonyl (C=O) groups is 2. The third kappa shape index (κ3) is 5.91. The van der Waals surface area contributed by atoms with E-state index in [1.807, 2.05) is 18.2 Å². The van der Waals surface area contributed by atoms with E-state index in [9.17, 15) is 9.59 Å². The van der Waals surface area contributed by atoms with Crippen molar-refractivity contribution in [1.82, 2.24) is 5.32 Å². The zero-order valence-corrected chi connectivity index (χ0v) is 15.6. The lowest BCUT2D eigenvalue weighted by Crippen LogP contribution is -2.34. The van der Waals surface area contributed by atoms with Crippen molar-refractivity contribution in [2.75, 3.05) is 27.9 Å². The van der Waals surface area contributed by atoms with Crippen molar-refractivity contribution in [2.24, 2.45) is 0 Å². The third-order valence-electron chi connectivity index (χ3n) is 3.86. The molecule has 27 heavy (non-hydrogen) atoms. The van der Waals surface area contributed by atoms with Gasteiger partial charge in [-0.3, -0.25) is 9.59 Å². The van der Waals surface area contributed by atoms with E-state index in [1.165, 1.54) is 21.3 Å². The Morgan fingerprint density at radius 2 is 1.67 bits per heavy atom. The van der Waals surface area contributed by atoms with Crippen molar-refractivity contribution in [3.8, 4) is 17.2 Å². The molecule has 0 spiro atoms. The number of methoxy groups -OCH3 is 3. The van der Waals surface area contributed by atoms with Gasteiger partial charge in [0.15, 0.2) is 18.1 Å². The topological polar surface area (TPSA) is 83.1 Å². The maximum atomic E-state index is 12.3. The van der Waals surface area contributed by atoms with Crippen LogP contribution in [0.3, 0.4) is 0 Å². The van der Waals surface area contributed by atoms with Gasteiger partial charge in [0.2, 0.25) is 0 Å². The van der Waals surface area contributed by atoms with E-state index in [0.29, 0.717) is 22.8 Å². The van der Waals surface area contributed by atoms with Gasteiger partial charge in [0, 0.05) is 0 Å². The van der Waals surface area contributed by atoms with Crippen LogP contribution < -0.4 is 19.5 Å². The van der Waals surface area contributed by atoms with Crippen LogP contribution in [-0.2, 0) is 14.3 Å². The molecule has 1 atom stereocenters. The second-order valence-electron chi connectivity index (χ2n) is 5.62. The quantitative estimate of drug-likeness (QED) is 0.680. The SMILES string of the molecule is COC(=O)CC(NC(=O)COc1ccccc1)c1ccc(OC)c(OC)c1. The molecule has 0 saturated heterocycles. The molecule has 0 bridgehead atoms. The Hall–Kier alpha value is -3.22. The monoisotopic (exact) mass is 373 g/mol. The molecule has 1 unspecified atom stereocenters. The minimum atomic E-state index is -0.593. The molecule has 1 N–H and O–H groups in total. The highest BCUT2D eigenvalue weighted by atomic mass is 16.5. The highest BCUT2D eigenvalue weighted by Crippen LogP contribution is 2.31. The van der Waals surface area contributed by atoms with Crippen molar-refractivity contribution >= 4 is 11.9 Å². The van der Waals surface area contributed by atoms with Gasteiger partial charge in [-0.05, 0) is 29.8 Å². The van der Waals surface area contributed by atoms with Gasteiger partial charge in [0.25, 0.3) is 5.91 Å². The van der Waals surface area contributed by atoms with Gasteiger partial charge in [0.05, 0.1) is 33.8 Å². The Bertz CT molecular complexity index is 762. The molecule has 0 fully saturated rings. The maximum Gasteiger partial charge on any atom is 0.307 e. The summed E-state index contributed by atoms with van der Waals surface area (Å²) in [6, 6.07) is 13.6. The van der Waals surface area contributed by atoms with E-state index in [1.54, 1.807) is 30.3 Å². The molecule has 144 valence electrons. The van der Waals surface area contributed by atoms with E-state index < -0.39 is 12.0 Å². The summed E-state index contributed by atoms with van der Waals surface area (Å²) in [5.41, 5.74) is 0.686. The minimum absolute atomic E-state index is 0.0247. The van der Waals surface area contributed by atoms with Crippen molar-refractivity contribution < 1.29 is 28.5 Å². The second kappa shape index (κ2) is 10.1. The van der Waals surface area contributed by atoms with E-state index in [4.69, 9.17) is 18.9 Å². The molecule has 2 aromatic carbocycles. The number of amides is 1. The van der Waals surface area contributed by atoms with Gasteiger partial charge in [-0.1, -0.05) is 24.3 Å². The maximum absolute atomic E-state index is 12.3. The van der Waals surface area contributed by atoms with Crippen molar-refractivity contribution in [2.45, 2.75) is 12.5 Å². The van der Waals surface area contributed by atoms with Crippen LogP contribution in [0, 0.1) is 0 Å². The molecule has 0 radical (unpaired) electrons. The molecular weight excluding hydrogens is 350 g/mol. The molecule has 2 rings (SSSR count). The first kappa shape index (κ1) is 20.1. The number of benzene rings is 2. The van der Waals surface area contributed by atoms with Crippen LogP contribution in [0.15, 0.2) is 48.5 Å². The number of nitrogens with one attached hydrogen (secondary N) is 1. The Kier molecular flexibility index (Phi) is 7.49. The summed E-state index contributed by atoms with van der Waals surface area (Å²) in [4.78, 5) is 24.1. The van der Waals surface area contributed by atoms with E-state index in [0.717, 1.165) is 0 Å². The number of rotatable bonds is 9. The summed E-state index contributed by atoms with van der Waals surface area (Å²) < 4.78 is 20.7. The van der Waals surface area contributed by atoms with Crippen molar-refractivity contribution in [3.63, 3.8) is 0 Å². The highest BCUT2D eigenvalue weighted by molar-refractivity contribution is 5.79. The minimum Gasteiger partial charge on any atom is -0.493 e. The molecule has 2 aromatic rings. The zero-order chi connectivity index (χ0) is 19.6. The normalized spacial score (nSPS) is 11.2. The molecule has 7 nitrogen and oxygen atoms in total. The number of para-hydroxylation sites is 1. The van der Waals surface area contributed by atoms with Gasteiger partial charge < -0.3 is 24.3 Å². The first-order chi connectivity index (χ1) is 13.1. The third-order valence-corrected chi connectivity index (χ3v) is 3.86. The van der Waals surface area contributed by atoms with Gasteiger partial charge in [-0.25, -0.2) is 0 Å². The Morgan fingerprint density at radius 3 is 2.30 bits per heavy atom. The fourth-order valence-electron chi connectivity index (χ4n) is 2.47. The van der Waals surface area contributed by atoms with Crippen molar-refractivity contribution in [3.05, 3.63) is 54.1 Å². The van der Waals surface area contributed by atoms with E-state index >= 15 is 0 Å². The van der Waals surface area contributed by atoms with Gasteiger partial charge in [0.1, 0.15) is 5.75 Å². The van der Waals surface area contributed by atoms with Crippen LogP contribution in [0.4, 0.5) is 0 Å². The summed E-state index contributed by atoms with van der Waals surface area (Å²) in [6.07, 6.45) is -0.0247. The first-order valence-corrected chi connectivity index (χ1v) is 8.33. The largest absolute Gasteiger partial charge is 0.493 e. The molecule has 0 aliphatic rings. The summed E-state index contributed by atoms with van der Waals surface area (Å²) in [7, 11) is 4.35. The van der Waals surface area contributed by atoms with Crippen LogP contribution in [0.5, 0.6) is 17.2 Å². The Labute approximate surface area is 158 Å². The Morgan fingerprint density at radius 1 is 0.963 bits per heavy atom. The molecule has 0 aliphatic carbocycles. The number of esters is 1. The number of ether oxygens (including phenoxy) is 4. The zero-order valence-electron chi connectivity index (χ0n) is 15.6. The molecule has 0 heterocycles. The number of hydrogen-bond acceptors (Lipinski definition) is 6. The summed E-state index contributed by atoms with van der Waals surface area (Å²) in [6.45, 7) is -0.172. The molecule has 1 amide bonds. The Balaban J connectivity index is 2.11. The predicted octanol–water partition coefficient (Wildman–Crippen LogP) is 2.50. The lowest BCUT2D eigenvalue weighted by Gasteiger charge is -2.20. The van der Waals surface area contributed by atoms with Crippen molar-refractivity contribution in [1.29, 1.82) is 0 Å². The molecule has 0 aliphatic heterocycles. The molecule has 7 heteroatoms. The summed E-state index contributed by atoms with van der Waals surface area (Å²) >= 11 is 0. The van der Waals surface area contributed by atoms with E-state index in [2.05, 4.69) is 5.32 Å². The van der Waals surface area contributed by atoms with Gasteiger partial charge in [-0.2, -0.15) is 0 Å². The first-order valence-electron chi connectivity index (χ1n) is 8.33. The van der Waals surface area contributed by atoms with E-state index in [-0.39, 0.29) is 18.9 Å². The number of hydrogen-bond donors (Lipinski definition) is 1. The lowest BCUT2D eigenvalue weighted by molar-refractivity contribution is -0.141. The molecule has 0 aromatic heterocycles.